The lowest BCUT2D eigenvalue weighted by Gasteiger charge is -2.14. The lowest BCUT2D eigenvalue weighted by Crippen LogP contribution is -2.36. The highest BCUT2D eigenvalue weighted by Crippen LogP contribution is 2.19. The molecule has 1 aromatic heterocycles. The SMILES string of the molecule is CCNC(=NCc1ccc(-n2cncn2)cc1)NCc1ccccc1OC(F)F. The van der Waals surface area contributed by atoms with E-state index in [1.807, 2.05) is 31.2 Å². The van der Waals surface area contributed by atoms with Crippen molar-refractivity contribution in [3.05, 3.63) is 72.3 Å². The second-order valence-electron chi connectivity index (χ2n) is 6.04. The van der Waals surface area contributed by atoms with Crippen LogP contribution in [0.3, 0.4) is 0 Å². The molecule has 0 saturated heterocycles. The van der Waals surface area contributed by atoms with E-state index in [0.717, 1.165) is 11.3 Å². The van der Waals surface area contributed by atoms with Gasteiger partial charge in [0, 0.05) is 18.7 Å². The fourth-order valence-electron chi connectivity index (χ4n) is 2.65. The van der Waals surface area contributed by atoms with Crippen molar-refractivity contribution >= 4 is 5.96 Å². The highest BCUT2D eigenvalue weighted by Gasteiger charge is 2.09. The van der Waals surface area contributed by atoms with Gasteiger partial charge in [0.25, 0.3) is 0 Å². The molecule has 3 rings (SSSR count). The normalized spacial score (nSPS) is 11.5. The second-order valence-corrected chi connectivity index (χ2v) is 6.04. The summed E-state index contributed by atoms with van der Waals surface area (Å²) in [6, 6.07) is 14.5. The number of guanidine groups is 1. The summed E-state index contributed by atoms with van der Waals surface area (Å²) in [7, 11) is 0. The molecule has 7 nitrogen and oxygen atoms in total. The van der Waals surface area contributed by atoms with Gasteiger partial charge in [-0.15, -0.1) is 0 Å². The Balaban J connectivity index is 1.63. The van der Waals surface area contributed by atoms with E-state index in [1.165, 1.54) is 12.4 Å². The molecule has 0 spiro atoms. The van der Waals surface area contributed by atoms with Crippen LogP contribution in [0.15, 0.2) is 66.2 Å². The van der Waals surface area contributed by atoms with Gasteiger partial charge in [-0.3, -0.25) is 0 Å². The molecule has 0 bridgehead atoms. The van der Waals surface area contributed by atoms with Crippen molar-refractivity contribution in [2.24, 2.45) is 4.99 Å². The van der Waals surface area contributed by atoms with Crippen LogP contribution in [0.25, 0.3) is 5.69 Å². The molecule has 0 unspecified atom stereocenters. The Bertz CT molecular complexity index is 913. The van der Waals surface area contributed by atoms with Gasteiger partial charge < -0.3 is 15.4 Å². The number of aromatic nitrogens is 3. The monoisotopic (exact) mass is 400 g/mol. The molecule has 3 aromatic rings. The summed E-state index contributed by atoms with van der Waals surface area (Å²) in [5.74, 6) is 0.731. The maximum absolute atomic E-state index is 12.6. The first-order chi connectivity index (χ1) is 14.2. The third-order valence-corrected chi connectivity index (χ3v) is 4.02. The van der Waals surface area contributed by atoms with Crippen LogP contribution in [0.1, 0.15) is 18.1 Å². The summed E-state index contributed by atoms with van der Waals surface area (Å²) in [6.45, 7) is 0.533. The predicted octanol–water partition coefficient (Wildman–Crippen LogP) is 3.12. The number of nitrogens with zero attached hydrogens (tertiary/aromatic N) is 4. The molecule has 2 aromatic carbocycles. The average molecular weight is 400 g/mol. The molecule has 0 radical (unpaired) electrons. The molecule has 0 amide bonds. The fourth-order valence-corrected chi connectivity index (χ4v) is 2.65. The Morgan fingerprint density at radius 1 is 1.14 bits per heavy atom. The molecule has 0 aliphatic rings. The van der Waals surface area contributed by atoms with Gasteiger partial charge in [0.1, 0.15) is 18.4 Å². The minimum absolute atomic E-state index is 0.148. The Morgan fingerprint density at radius 3 is 2.62 bits per heavy atom. The third-order valence-electron chi connectivity index (χ3n) is 4.02. The number of rotatable bonds is 8. The molecular formula is C20H22F2N6O. The molecule has 0 atom stereocenters. The van der Waals surface area contributed by atoms with E-state index in [1.54, 1.807) is 29.2 Å². The van der Waals surface area contributed by atoms with Gasteiger partial charge in [-0.25, -0.2) is 14.7 Å². The van der Waals surface area contributed by atoms with Crippen LogP contribution in [0.5, 0.6) is 5.75 Å². The van der Waals surface area contributed by atoms with Crippen LogP contribution in [0, 0.1) is 0 Å². The average Bonchev–Trinajstić information content (AvgIpc) is 3.26. The topological polar surface area (TPSA) is 76.4 Å². The van der Waals surface area contributed by atoms with Crippen molar-refractivity contribution in [1.82, 2.24) is 25.4 Å². The molecule has 29 heavy (non-hydrogen) atoms. The lowest BCUT2D eigenvalue weighted by molar-refractivity contribution is -0.0504. The Kier molecular flexibility index (Phi) is 7.10. The quantitative estimate of drug-likeness (QED) is 0.449. The number of alkyl halides is 2. The molecule has 9 heteroatoms. The van der Waals surface area contributed by atoms with Crippen molar-refractivity contribution in [2.45, 2.75) is 26.6 Å². The molecule has 0 saturated carbocycles. The third kappa shape index (κ3) is 6.00. The van der Waals surface area contributed by atoms with Gasteiger partial charge in [0.15, 0.2) is 5.96 Å². The van der Waals surface area contributed by atoms with Crippen LogP contribution in [-0.2, 0) is 13.1 Å². The number of ether oxygens (including phenoxy) is 1. The molecule has 2 N–H and O–H groups in total. The Hall–Kier alpha value is -3.49. The van der Waals surface area contributed by atoms with Crippen LogP contribution in [0.4, 0.5) is 8.78 Å². The lowest BCUT2D eigenvalue weighted by atomic mass is 10.2. The first kappa shape index (κ1) is 20.2. The summed E-state index contributed by atoms with van der Waals surface area (Å²) in [6.07, 6.45) is 3.12. The maximum Gasteiger partial charge on any atom is 0.387 e. The number of halogens is 2. The van der Waals surface area contributed by atoms with Crippen LogP contribution < -0.4 is 15.4 Å². The number of para-hydroxylation sites is 1. The maximum atomic E-state index is 12.6. The van der Waals surface area contributed by atoms with Gasteiger partial charge in [-0.1, -0.05) is 30.3 Å². The second kappa shape index (κ2) is 10.2. The van der Waals surface area contributed by atoms with E-state index < -0.39 is 6.61 Å². The van der Waals surface area contributed by atoms with Crippen LogP contribution in [0.2, 0.25) is 0 Å². The highest BCUT2D eigenvalue weighted by molar-refractivity contribution is 5.79. The minimum Gasteiger partial charge on any atom is -0.434 e. The van der Waals surface area contributed by atoms with Crippen LogP contribution in [-0.4, -0.2) is 33.9 Å². The zero-order valence-electron chi connectivity index (χ0n) is 15.9. The Labute approximate surface area is 167 Å². The van der Waals surface area contributed by atoms with Crippen molar-refractivity contribution in [1.29, 1.82) is 0 Å². The van der Waals surface area contributed by atoms with Gasteiger partial charge in [-0.05, 0) is 30.7 Å². The molecule has 1 heterocycles. The first-order valence-corrected chi connectivity index (χ1v) is 9.14. The Morgan fingerprint density at radius 2 is 1.93 bits per heavy atom. The van der Waals surface area contributed by atoms with Crippen molar-refractivity contribution in [3.8, 4) is 11.4 Å². The standard InChI is InChI=1S/C20H22F2N6O/c1-2-24-20(26-12-16-5-3-4-6-18(16)29-19(21)22)25-11-15-7-9-17(10-8-15)28-14-23-13-27-28/h3-10,13-14,19H,2,11-12H2,1H3,(H2,24,25,26). The number of hydrogen-bond donors (Lipinski definition) is 2. The summed E-state index contributed by atoms with van der Waals surface area (Å²) in [5, 5.41) is 10.4. The number of hydrogen-bond acceptors (Lipinski definition) is 4. The first-order valence-electron chi connectivity index (χ1n) is 9.14. The largest absolute Gasteiger partial charge is 0.434 e. The van der Waals surface area contributed by atoms with Crippen molar-refractivity contribution < 1.29 is 13.5 Å². The number of nitrogens with one attached hydrogen (secondary N) is 2. The molecular weight excluding hydrogens is 378 g/mol. The van der Waals surface area contributed by atoms with Crippen molar-refractivity contribution in [3.63, 3.8) is 0 Å². The zero-order valence-corrected chi connectivity index (χ0v) is 15.9. The molecule has 0 aliphatic carbocycles. The molecule has 0 aliphatic heterocycles. The number of benzene rings is 2. The van der Waals surface area contributed by atoms with Gasteiger partial charge in [-0.2, -0.15) is 13.9 Å². The van der Waals surface area contributed by atoms with E-state index in [4.69, 9.17) is 0 Å². The van der Waals surface area contributed by atoms with Crippen molar-refractivity contribution in [2.75, 3.05) is 6.54 Å². The van der Waals surface area contributed by atoms with E-state index in [-0.39, 0.29) is 5.75 Å². The predicted molar refractivity (Wildman–Crippen MR) is 106 cm³/mol. The van der Waals surface area contributed by atoms with Gasteiger partial charge in [0.05, 0.1) is 12.2 Å². The van der Waals surface area contributed by atoms with E-state index >= 15 is 0 Å². The summed E-state index contributed by atoms with van der Waals surface area (Å²) in [5.41, 5.74) is 2.55. The summed E-state index contributed by atoms with van der Waals surface area (Å²) < 4.78 is 31.4. The number of aliphatic imine (C=N–C) groups is 1. The van der Waals surface area contributed by atoms with E-state index in [2.05, 4.69) is 30.4 Å². The van der Waals surface area contributed by atoms with Gasteiger partial charge >= 0.3 is 6.61 Å². The fraction of sp³-hybridized carbons (Fsp3) is 0.250. The summed E-state index contributed by atoms with van der Waals surface area (Å²) >= 11 is 0. The summed E-state index contributed by atoms with van der Waals surface area (Å²) in [4.78, 5) is 8.48. The molecule has 0 fully saturated rings. The van der Waals surface area contributed by atoms with E-state index in [0.29, 0.717) is 31.2 Å². The zero-order chi connectivity index (χ0) is 20.5. The molecule has 152 valence electrons. The van der Waals surface area contributed by atoms with Crippen LogP contribution >= 0.6 is 0 Å². The minimum atomic E-state index is -2.86. The van der Waals surface area contributed by atoms with E-state index in [9.17, 15) is 8.78 Å². The van der Waals surface area contributed by atoms with Gasteiger partial charge in [0.2, 0.25) is 0 Å². The highest BCUT2D eigenvalue weighted by atomic mass is 19.3. The smallest absolute Gasteiger partial charge is 0.387 e.